The summed E-state index contributed by atoms with van der Waals surface area (Å²) in [6.07, 6.45) is 2.93. The van der Waals surface area contributed by atoms with Crippen molar-refractivity contribution in [2.75, 3.05) is 0 Å². The van der Waals surface area contributed by atoms with Crippen LogP contribution in [0.25, 0.3) is 59.3 Å². The lowest BCUT2D eigenvalue weighted by Gasteiger charge is -2.12. The van der Waals surface area contributed by atoms with Crippen molar-refractivity contribution in [3.63, 3.8) is 0 Å². The van der Waals surface area contributed by atoms with E-state index < -0.39 is 0 Å². The summed E-state index contributed by atoms with van der Waals surface area (Å²) in [5.74, 6) is 0. The molecule has 0 fully saturated rings. The van der Waals surface area contributed by atoms with Crippen LogP contribution in [0.3, 0.4) is 0 Å². The molecule has 0 radical (unpaired) electrons. The van der Waals surface area contributed by atoms with Crippen LogP contribution in [0.4, 0.5) is 0 Å². The molecule has 0 aliphatic rings. The first-order valence-corrected chi connectivity index (χ1v) is 17.4. The van der Waals surface area contributed by atoms with E-state index in [0.29, 0.717) is 6.54 Å². The maximum atomic E-state index is 6.57. The van der Waals surface area contributed by atoms with E-state index in [9.17, 15) is 0 Å². The van der Waals surface area contributed by atoms with E-state index in [0.717, 1.165) is 17.7 Å². The summed E-state index contributed by atoms with van der Waals surface area (Å²) < 4.78 is 2.66. The highest BCUT2D eigenvalue weighted by atomic mass is 32.1. The van der Waals surface area contributed by atoms with Crippen LogP contribution in [0.1, 0.15) is 16.7 Å². The molecule has 1 aromatic heterocycles. The molecule has 0 unspecified atom stereocenters. The molecule has 0 spiro atoms. The molecule has 0 aliphatic carbocycles. The first-order chi connectivity index (χ1) is 24.1. The van der Waals surface area contributed by atoms with E-state index in [1.807, 2.05) is 41.7 Å². The molecule has 8 rings (SSSR count). The summed E-state index contributed by atoms with van der Waals surface area (Å²) in [5.41, 5.74) is 23.4. The zero-order valence-electron chi connectivity index (χ0n) is 27.3. The van der Waals surface area contributed by atoms with Gasteiger partial charge >= 0.3 is 0 Å². The van der Waals surface area contributed by atoms with Gasteiger partial charge < -0.3 is 11.5 Å². The van der Waals surface area contributed by atoms with Crippen LogP contribution in [-0.4, -0.2) is 0 Å². The Morgan fingerprint density at radius 2 is 0.959 bits per heavy atom. The molecule has 4 N–H and O–H groups in total. The van der Waals surface area contributed by atoms with Gasteiger partial charge in [0, 0.05) is 32.4 Å². The number of hydrogen-bond acceptors (Lipinski definition) is 3. The van der Waals surface area contributed by atoms with E-state index in [-0.39, 0.29) is 0 Å². The Kier molecular flexibility index (Phi) is 9.75. The summed E-state index contributed by atoms with van der Waals surface area (Å²) in [6.45, 7) is 0.640. The topological polar surface area (TPSA) is 52.0 Å². The number of rotatable bonds is 7. The first-order valence-electron chi connectivity index (χ1n) is 16.6. The SMILES string of the molecule is N/C(=C\Cc1ccc2c(c1)sc1ccccc12)c1ccc(-c2cc(-c3ccccc3)cc(-c3ccccc3)c2)cc1.NCc1ccccc1. The Labute approximate surface area is 292 Å². The lowest BCUT2D eigenvalue weighted by Crippen LogP contribution is -1.97. The highest BCUT2D eigenvalue weighted by Gasteiger charge is 2.09. The second kappa shape index (κ2) is 15.0. The molecule has 0 amide bonds. The zero-order valence-corrected chi connectivity index (χ0v) is 28.1. The van der Waals surface area contributed by atoms with Gasteiger partial charge in [0.1, 0.15) is 0 Å². The van der Waals surface area contributed by atoms with Crippen LogP contribution in [0.5, 0.6) is 0 Å². The Morgan fingerprint density at radius 3 is 1.53 bits per heavy atom. The van der Waals surface area contributed by atoms with Crippen molar-refractivity contribution in [2.45, 2.75) is 13.0 Å². The maximum Gasteiger partial charge on any atom is 0.0358 e. The standard InChI is InChI=1S/C39H29NS.C7H9N/c40-37(22-16-27-15-21-36-35-13-7-8-14-38(35)41-39(36)23-27)31-19-17-30(18-20-31)34-25-32(28-9-3-1-4-10-28)24-33(26-34)29-11-5-2-6-12-29;8-6-7-4-2-1-3-5-7/h1-15,17-26H,16,40H2;1-5H,6,8H2/b37-22-;. The molecule has 49 heavy (non-hydrogen) atoms. The highest BCUT2D eigenvalue weighted by molar-refractivity contribution is 7.25. The van der Waals surface area contributed by atoms with Crippen molar-refractivity contribution in [1.29, 1.82) is 0 Å². The zero-order chi connectivity index (χ0) is 33.4. The van der Waals surface area contributed by atoms with Gasteiger partial charge in [-0.05, 0) is 86.8 Å². The maximum absolute atomic E-state index is 6.57. The van der Waals surface area contributed by atoms with Crippen molar-refractivity contribution < 1.29 is 0 Å². The Morgan fingerprint density at radius 1 is 0.449 bits per heavy atom. The minimum Gasteiger partial charge on any atom is -0.398 e. The van der Waals surface area contributed by atoms with Gasteiger partial charge in [-0.2, -0.15) is 0 Å². The average molecular weight is 651 g/mol. The molecule has 1 heterocycles. The van der Waals surface area contributed by atoms with Crippen molar-refractivity contribution in [3.8, 4) is 33.4 Å². The van der Waals surface area contributed by atoms with E-state index in [2.05, 4.69) is 152 Å². The lowest BCUT2D eigenvalue weighted by atomic mass is 9.93. The molecule has 0 aliphatic heterocycles. The van der Waals surface area contributed by atoms with E-state index in [1.54, 1.807) is 0 Å². The fraction of sp³-hybridized carbons (Fsp3) is 0.0435. The van der Waals surface area contributed by atoms with Gasteiger partial charge in [0.25, 0.3) is 0 Å². The van der Waals surface area contributed by atoms with Crippen molar-refractivity contribution in [3.05, 3.63) is 199 Å². The van der Waals surface area contributed by atoms with E-state index in [1.165, 1.54) is 64.7 Å². The van der Waals surface area contributed by atoms with Gasteiger partial charge in [-0.15, -0.1) is 11.3 Å². The first kappa shape index (κ1) is 31.8. The highest BCUT2D eigenvalue weighted by Crippen LogP contribution is 2.35. The van der Waals surface area contributed by atoms with Gasteiger partial charge in [-0.3, -0.25) is 0 Å². The number of hydrogen-bond donors (Lipinski definition) is 2. The molecule has 2 nitrogen and oxygen atoms in total. The van der Waals surface area contributed by atoms with Crippen LogP contribution in [0.2, 0.25) is 0 Å². The van der Waals surface area contributed by atoms with Crippen molar-refractivity contribution >= 4 is 37.2 Å². The molecular weight excluding hydrogens is 613 g/mol. The van der Waals surface area contributed by atoms with Crippen molar-refractivity contribution in [1.82, 2.24) is 0 Å². The predicted octanol–water partition coefficient (Wildman–Crippen LogP) is 11.7. The van der Waals surface area contributed by atoms with Crippen LogP contribution < -0.4 is 11.5 Å². The molecule has 0 saturated heterocycles. The summed E-state index contributed by atoms with van der Waals surface area (Å²) in [6, 6.07) is 62.0. The summed E-state index contributed by atoms with van der Waals surface area (Å²) >= 11 is 1.85. The molecule has 0 saturated carbocycles. The smallest absolute Gasteiger partial charge is 0.0358 e. The molecular formula is C46H38N2S. The lowest BCUT2D eigenvalue weighted by molar-refractivity contribution is 1.07. The third-order valence-electron chi connectivity index (χ3n) is 8.78. The number of benzene rings is 7. The second-order valence-electron chi connectivity index (χ2n) is 12.1. The third kappa shape index (κ3) is 7.55. The molecule has 3 heteroatoms. The fourth-order valence-corrected chi connectivity index (χ4v) is 7.27. The predicted molar refractivity (Wildman–Crippen MR) is 212 cm³/mol. The minimum absolute atomic E-state index is 0.640. The van der Waals surface area contributed by atoms with Gasteiger partial charge in [0.05, 0.1) is 0 Å². The molecule has 8 aromatic rings. The monoisotopic (exact) mass is 650 g/mol. The van der Waals surface area contributed by atoms with Gasteiger partial charge in [0.15, 0.2) is 0 Å². The largest absolute Gasteiger partial charge is 0.398 e. The van der Waals surface area contributed by atoms with Gasteiger partial charge in [-0.25, -0.2) is 0 Å². The summed E-state index contributed by atoms with van der Waals surface area (Å²) in [5, 5.41) is 2.66. The van der Waals surface area contributed by atoms with Gasteiger partial charge in [0.2, 0.25) is 0 Å². The fourth-order valence-electron chi connectivity index (χ4n) is 6.10. The molecule has 238 valence electrons. The second-order valence-corrected chi connectivity index (χ2v) is 13.2. The Bertz CT molecular complexity index is 2260. The summed E-state index contributed by atoms with van der Waals surface area (Å²) in [4.78, 5) is 0. The van der Waals surface area contributed by atoms with Gasteiger partial charge in [-0.1, -0.05) is 152 Å². The Hall–Kier alpha value is -5.74. The number of thiophene rings is 1. The third-order valence-corrected chi connectivity index (χ3v) is 9.91. The molecule has 7 aromatic carbocycles. The van der Waals surface area contributed by atoms with Crippen LogP contribution in [0.15, 0.2) is 182 Å². The quantitative estimate of drug-likeness (QED) is 0.180. The molecule has 0 bridgehead atoms. The van der Waals surface area contributed by atoms with Crippen LogP contribution >= 0.6 is 11.3 Å². The normalized spacial score (nSPS) is 11.3. The minimum atomic E-state index is 0.640. The molecule has 0 atom stereocenters. The van der Waals surface area contributed by atoms with E-state index >= 15 is 0 Å². The van der Waals surface area contributed by atoms with Crippen LogP contribution in [0, 0.1) is 0 Å². The number of fused-ring (bicyclic) bond motifs is 3. The summed E-state index contributed by atoms with van der Waals surface area (Å²) in [7, 11) is 0. The number of nitrogens with two attached hydrogens (primary N) is 2. The average Bonchev–Trinajstić information content (AvgIpc) is 3.56. The Balaban J connectivity index is 0.000000417. The van der Waals surface area contributed by atoms with Crippen LogP contribution in [-0.2, 0) is 13.0 Å². The van der Waals surface area contributed by atoms with E-state index in [4.69, 9.17) is 11.5 Å². The van der Waals surface area contributed by atoms with Crippen molar-refractivity contribution in [2.24, 2.45) is 11.5 Å². The number of allylic oxidation sites excluding steroid dienone is 1.